The van der Waals surface area contributed by atoms with Crippen molar-refractivity contribution < 1.29 is 4.92 Å². The van der Waals surface area contributed by atoms with Gasteiger partial charge >= 0.3 is 0 Å². The lowest BCUT2D eigenvalue weighted by Gasteiger charge is -2.29. The minimum Gasteiger partial charge on any atom is -0.351 e. The molecule has 2 atom stereocenters. The minimum atomic E-state index is -0.393. The van der Waals surface area contributed by atoms with Crippen molar-refractivity contribution in [2.75, 3.05) is 4.90 Å². The van der Waals surface area contributed by atoms with Crippen LogP contribution in [0.4, 0.5) is 11.4 Å². The van der Waals surface area contributed by atoms with Crippen LogP contribution >= 0.6 is 24.0 Å². The molecule has 1 N–H and O–H groups in total. The van der Waals surface area contributed by atoms with Gasteiger partial charge in [0.05, 0.1) is 28.5 Å². The first-order valence-corrected chi connectivity index (χ1v) is 13.4. The summed E-state index contributed by atoms with van der Waals surface area (Å²) in [7, 11) is 0. The van der Waals surface area contributed by atoms with Gasteiger partial charge in [-0.3, -0.25) is 20.1 Å². The summed E-state index contributed by atoms with van der Waals surface area (Å²) in [6.07, 6.45) is 7.43. The zero-order valence-corrected chi connectivity index (χ0v) is 22.1. The quantitative estimate of drug-likeness (QED) is 0.139. The number of nitro benzene ring substituents is 1. The largest absolute Gasteiger partial charge is 0.351 e. The molecule has 5 aromatic rings. The second-order valence-corrected chi connectivity index (χ2v) is 10.4. The van der Waals surface area contributed by atoms with Gasteiger partial charge in [0.2, 0.25) is 0 Å². The van der Waals surface area contributed by atoms with Crippen LogP contribution in [0.3, 0.4) is 0 Å². The molecule has 0 bridgehead atoms. The van der Waals surface area contributed by atoms with Crippen LogP contribution < -0.4 is 10.2 Å². The van der Waals surface area contributed by atoms with Gasteiger partial charge in [0.25, 0.3) is 5.69 Å². The number of hydrogen-bond donors (Lipinski definition) is 1. The van der Waals surface area contributed by atoms with Gasteiger partial charge in [-0.2, -0.15) is 0 Å². The van der Waals surface area contributed by atoms with Crippen LogP contribution in [0.15, 0.2) is 126 Å². The molecule has 3 aromatic heterocycles. The number of aromatic nitrogens is 3. The average Bonchev–Trinajstić information content (AvgIpc) is 3.59. The van der Waals surface area contributed by atoms with Gasteiger partial charge in [-0.25, -0.2) is 0 Å². The smallest absolute Gasteiger partial charge is 0.269 e. The van der Waals surface area contributed by atoms with Gasteiger partial charge in [0.15, 0.2) is 5.11 Å². The van der Waals surface area contributed by atoms with Crippen LogP contribution in [0.2, 0.25) is 0 Å². The van der Waals surface area contributed by atoms with Gasteiger partial charge < -0.3 is 14.8 Å². The van der Waals surface area contributed by atoms with Crippen molar-refractivity contribution in [3.63, 3.8) is 0 Å². The van der Waals surface area contributed by atoms with Crippen molar-refractivity contribution >= 4 is 40.5 Å². The number of non-ortho nitro benzene ring substituents is 1. The molecule has 8 nitrogen and oxygen atoms in total. The highest BCUT2D eigenvalue weighted by atomic mass is 32.2. The summed E-state index contributed by atoms with van der Waals surface area (Å²) in [5, 5.41) is 15.1. The Morgan fingerprint density at radius 1 is 0.872 bits per heavy atom. The zero-order chi connectivity index (χ0) is 26.8. The zero-order valence-electron chi connectivity index (χ0n) is 20.5. The third kappa shape index (κ3) is 4.99. The van der Waals surface area contributed by atoms with E-state index in [1.165, 1.54) is 12.1 Å². The first kappa shape index (κ1) is 24.8. The Balaban J connectivity index is 1.35. The molecule has 0 spiro atoms. The number of nitro groups is 1. The molecular formula is C29H22N6O2S2. The standard InChI is InChI=1S/C29H22N6O2S2/c36-35(37)21-10-14-24(15-11-21)39-23-12-8-20(9-13-23)34-28(27(32-29(34)38)25-6-1-2-17-31-25)26-7-4-18-33(26)22-5-3-16-30-19-22/h1-19,27-28H,(H,32,38)/t27-,28-/m1/s1. The predicted molar refractivity (Wildman–Crippen MR) is 155 cm³/mol. The van der Waals surface area contributed by atoms with E-state index in [-0.39, 0.29) is 17.8 Å². The maximum absolute atomic E-state index is 11.0. The molecule has 1 fully saturated rings. The maximum Gasteiger partial charge on any atom is 0.269 e. The summed E-state index contributed by atoms with van der Waals surface area (Å²) in [5.74, 6) is 0. The fraction of sp³-hybridized carbons (Fsp3) is 0.0690. The van der Waals surface area contributed by atoms with Gasteiger partial charge in [0.1, 0.15) is 6.04 Å². The molecule has 0 amide bonds. The van der Waals surface area contributed by atoms with E-state index in [1.54, 1.807) is 36.3 Å². The van der Waals surface area contributed by atoms with Crippen LogP contribution in [-0.2, 0) is 0 Å². The summed E-state index contributed by atoms with van der Waals surface area (Å²) < 4.78 is 2.13. The molecule has 6 rings (SSSR count). The van der Waals surface area contributed by atoms with E-state index in [0.29, 0.717) is 5.11 Å². The summed E-state index contributed by atoms with van der Waals surface area (Å²) in [6.45, 7) is 0. The second-order valence-electron chi connectivity index (χ2n) is 8.86. The molecule has 0 aliphatic carbocycles. The summed E-state index contributed by atoms with van der Waals surface area (Å²) in [5.41, 5.74) is 3.94. The minimum absolute atomic E-state index is 0.0780. The SMILES string of the molecule is O=[N+]([O-])c1ccc(Sc2ccc(N3C(=S)N[C@H](c4ccccn4)[C@H]3c3cccn3-c3cccnc3)cc2)cc1. The van der Waals surface area contributed by atoms with E-state index in [1.807, 2.05) is 73.1 Å². The predicted octanol–water partition coefficient (Wildman–Crippen LogP) is 6.50. The lowest BCUT2D eigenvalue weighted by Crippen LogP contribution is -2.30. The second kappa shape index (κ2) is 10.7. The number of nitrogens with one attached hydrogen (secondary N) is 1. The average molecular weight is 551 g/mol. The Kier molecular flexibility index (Phi) is 6.78. The molecule has 2 aromatic carbocycles. The molecule has 1 aliphatic heterocycles. The number of thiocarbonyl (C=S) groups is 1. The maximum atomic E-state index is 11.0. The highest BCUT2D eigenvalue weighted by Crippen LogP contribution is 2.42. The van der Waals surface area contributed by atoms with E-state index in [9.17, 15) is 10.1 Å². The fourth-order valence-electron chi connectivity index (χ4n) is 4.75. The molecule has 1 aliphatic rings. The Bertz CT molecular complexity index is 1610. The third-order valence-electron chi connectivity index (χ3n) is 6.50. The van der Waals surface area contributed by atoms with Crippen molar-refractivity contribution in [1.82, 2.24) is 19.9 Å². The normalized spacial score (nSPS) is 16.7. The number of hydrogen-bond acceptors (Lipinski definition) is 6. The lowest BCUT2D eigenvalue weighted by atomic mass is 10.0. The Morgan fingerprint density at radius 2 is 1.64 bits per heavy atom. The molecule has 192 valence electrons. The Labute approximate surface area is 234 Å². The van der Waals surface area contributed by atoms with E-state index >= 15 is 0 Å². The van der Waals surface area contributed by atoms with Crippen molar-refractivity contribution in [1.29, 1.82) is 0 Å². The molecule has 39 heavy (non-hydrogen) atoms. The molecule has 1 saturated heterocycles. The van der Waals surface area contributed by atoms with Gasteiger partial charge in [-0.1, -0.05) is 17.8 Å². The van der Waals surface area contributed by atoms with E-state index < -0.39 is 4.92 Å². The Morgan fingerprint density at radius 3 is 2.31 bits per heavy atom. The first-order chi connectivity index (χ1) is 19.1. The molecule has 0 unspecified atom stereocenters. The monoisotopic (exact) mass is 550 g/mol. The number of anilines is 1. The van der Waals surface area contributed by atoms with Crippen LogP contribution in [-0.4, -0.2) is 24.6 Å². The summed E-state index contributed by atoms with van der Waals surface area (Å²) in [6, 6.07) is 28.4. The Hall–Kier alpha value is -4.54. The van der Waals surface area contributed by atoms with Gasteiger partial charge in [-0.15, -0.1) is 0 Å². The van der Waals surface area contributed by atoms with E-state index in [2.05, 4.69) is 30.8 Å². The number of nitrogens with zero attached hydrogens (tertiary/aromatic N) is 5. The topological polar surface area (TPSA) is 89.1 Å². The molecule has 4 heterocycles. The molecule has 0 radical (unpaired) electrons. The number of benzene rings is 2. The van der Waals surface area contributed by atoms with Crippen LogP contribution in [0, 0.1) is 10.1 Å². The number of pyridine rings is 2. The lowest BCUT2D eigenvalue weighted by molar-refractivity contribution is -0.384. The van der Waals surface area contributed by atoms with Crippen molar-refractivity contribution in [2.24, 2.45) is 0 Å². The van der Waals surface area contributed by atoms with Crippen molar-refractivity contribution in [3.05, 3.63) is 137 Å². The first-order valence-electron chi connectivity index (χ1n) is 12.2. The van der Waals surface area contributed by atoms with Crippen LogP contribution in [0.5, 0.6) is 0 Å². The molecule has 10 heteroatoms. The summed E-state index contributed by atoms with van der Waals surface area (Å²) >= 11 is 7.43. The van der Waals surface area contributed by atoms with Crippen LogP contribution in [0.1, 0.15) is 23.5 Å². The highest BCUT2D eigenvalue weighted by Gasteiger charge is 2.42. The number of rotatable bonds is 7. The van der Waals surface area contributed by atoms with Crippen LogP contribution in [0.25, 0.3) is 5.69 Å². The van der Waals surface area contributed by atoms with Crippen molar-refractivity contribution in [2.45, 2.75) is 21.9 Å². The molecule has 0 saturated carbocycles. The van der Waals surface area contributed by atoms with E-state index in [4.69, 9.17) is 12.2 Å². The summed E-state index contributed by atoms with van der Waals surface area (Å²) in [4.78, 5) is 23.6. The van der Waals surface area contributed by atoms with Gasteiger partial charge in [-0.05, 0) is 85.0 Å². The molecular weight excluding hydrogens is 528 g/mol. The highest BCUT2D eigenvalue weighted by molar-refractivity contribution is 7.99. The van der Waals surface area contributed by atoms with Crippen molar-refractivity contribution in [3.8, 4) is 5.69 Å². The fourth-order valence-corrected chi connectivity index (χ4v) is 5.91. The van der Waals surface area contributed by atoms with E-state index in [0.717, 1.165) is 32.6 Å². The third-order valence-corrected chi connectivity index (χ3v) is 7.83. The van der Waals surface area contributed by atoms with Gasteiger partial charge in [0, 0.05) is 51.9 Å².